The summed E-state index contributed by atoms with van der Waals surface area (Å²) in [6.45, 7) is 0.128. The Morgan fingerprint density at radius 3 is 2.49 bits per heavy atom. The molecular formula is C30H26Cl2N2O4S. The molecule has 0 radical (unpaired) electrons. The molecule has 0 aliphatic heterocycles. The van der Waals surface area contributed by atoms with Crippen molar-refractivity contribution in [2.45, 2.75) is 25.8 Å². The third kappa shape index (κ3) is 5.62. The van der Waals surface area contributed by atoms with E-state index in [1.165, 1.54) is 17.4 Å². The van der Waals surface area contributed by atoms with Crippen LogP contribution in [-0.2, 0) is 19.4 Å². The van der Waals surface area contributed by atoms with E-state index in [-0.39, 0.29) is 28.9 Å². The van der Waals surface area contributed by atoms with Crippen molar-refractivity contribution in [2.24, 2.45) is 0 Å². The van der Waals surface area contributed by atoms with E-state index in [9.17, 15) is 9.59 Å². The van der Waals surface area contributed by atoms with Gasteiger partial charge in [0.2, 0.25) is 0 Å². The van der Waals surface area contributed by atoms with Gasteiger partial charge in [-0.25, -0.2) is 0 Å². The Morgan fingerprint density at radius 2 is 1.77 bits per heavy atom. The Labute approximate surface area is 241 Å². The van der Waals surface area contributed by atoms with Gasteiger partial charge >= 0.3 is 0 Å². The molecule has 1 aromatic heterocycles. The zero-order valence-electron chi connectivity index (χ0n) is 21.4. The fraction of sp³-hybridized carbons (Fsp3) is 0.200. The Kier molecular flexibility index (Phi) is 8.12. The number of para-hydroxylation sites is 1. The third-order valence-corrected chi connectivity index (χ3v) is 8.49. The molecule has 6 nitrogen and oxygen atoms in total. The van der Waals surface area contributed by atoms with Crippen molar-refractivity contribution >= 4 is 57.0 Å². The van der Waals surface area contributed by atoms with E-state index in [1.54, 1.807) is 43.4 Å². The summed E-state index contributed by atoms with van der Waals surface area (Å²) in [5, 5.41) is 4.23. The molecule has 3 aromatic carbocycles. The first kappa shape index (κ1) is 27.1. The van der Waals surface area contributed by atoms with E-state index < -0.39 is 0 Å². The second-order valence-electron chi connectivity index (χ2n) is 9.05. The average Bonchev–Trinajstić information content (AvgIpc) is 3.53. The molecule has 9 heteroatoms. The van der Waals surface area contributed by atoms with Gasteiger partial charge in [0, 0.05) is 21.2 Å². The summed E-state index contributed by atoms with van der Waals surface area (Å²) in [4.78, 5) is 30.7. The molecule has 0 unspecified atom stereocenters. The van der Waals surface area contributed by atoms with E-state index in [4.69, 9.17) is 32.7 Å². The Bertz CT molecular complexity index is 1540. The number of ether oxygens (including phenoxy) is 2. The number of hydrogen-bond donors (Lipinski definition) is 1. The lowest BCUT2D eigenvalue weighted by Gasteiger charge is -2.25. The van der Waals surface area contributed by atoms with Gasteiger partial charge < -0.3 is 14.8 Å². The maximum Gasteiger partial charge on any atom is 0.260 e. The minimum Gasteiger partial charge on any atom is -0.497 e. The van der Waals surface area contributed by atoms with Crippen LogP contribution in [0.15, 0.2) is 66.7 Å². The van der Waals surface area contributed by atoms with Crippen LogP contribution in [-0.4, -0.2) is 26.0 Å². The summed E-state index contributed by atoms with van der Waals surface area (Å²) in [6, 6.07) is 19.5. The summed E-state index contributed by atoms with van der Waals surface area (Å²) < 4.78 is 11.1. The molecule has 5 rings (SSSR count). The highest BCUT2D eigenvalue weighted by molar-refractivity contribution is 7.17. The lowest BCUT2D eigenvalue weighted by molar-refractivity contribution is 0.0985. The van der Waals surface area contributed by atoms with Crippen molar-refractivity contribution in [1.29, 1.82) is 0 Å². The summed E-state index contributed by atoms with van der Waals surface area (Å²) in [5.41, 5.74) is 3.18. The fourth-order valence-corrected chi connectivity index (χ4v) is 6.62. The molecule has 200 valence electrons. The highest BCUT2D eigenvalue weighted by atomic mass is 35.5. The first-order valence-corrected chi connectivity index (χ1v) is 14.0. The second kappa shape index (κ2) is 11.7. The van der Waals surface area contributed by atoms with Gasteiger partial charge in [-0.1, -0.05) is 41.4 Å². The summed E-state index contributed by atoms with van der Waals surface area (Å²) >= 11 is 14.1. The van der Waals surface area contributed by atoms with Crippen LogP contribution in [0.1, 0.15) is 43.1 Å². The Morgan fingerprint density at radius 1 is 0.974 bits per heavy atom. The van der Waals surface area contributed by atoms with Crippen molar-refractivity contribution in [3.8, 4) is 11.5 Å². The lowest BCUT2D eigenvalue weighted by Crippen LogP contribution is -2.32. The van der Waals surface area contributed by atoms with Crippen LogP contribution in [0.25, 0.3) is 0 Å². The SMILES string of the molecule is COc1ccc(OC)c(CN(C(=O)c2ccc(Cl)cc2Cl)c2sc3c(c2C(=O)Nc2ccccc2)CCC3)c1. The smallest absolute Gasteiger partial charge is 0.260 e. The summed E-state index contributed by atoms with van der Waals surface area (Å²) in [6.07, 6.45) is 2.60. The quantitative estimate of drug-likeness (QED) is 0.232. The molecule has 0 spiro atoms. The topological polar surface area (TPSA) is 67.9 Å². The number of carbonyl (C=O) groups excluding carboxylic acids is 2. The number of methoxy groups -OCH3 is 2. The molecule has 0 saturated carbocycles. The molecule has 39 heavy (non-hydrogen) atoms. The molecule has 1 N–H and O–H groups in total. The first-order valence-electron chi connectivity index (χ1n) is 12.4. The highest BCUT2D eigenvalue weighted by Gasteiger charge is 2.33. The number of hydrogen-bond acceptors (Lipinski definition) is 5. The minimum absolute atomic E-state index is 0.128. The second-order valence-corrected chi connectivity index (χ2v) is 11.0. The first-order chi connectivity index (χ1) is 18.9. The standard InChI is InChI=1S/C30H26Cl2N2O4S/c1-37-21-12-14-25(38-2)18(15-21)17-34(29(36)22-13-11-19(31)16-24(22)32)30-27(23-9-6-10-26(23)39-30)28(35)33-20-7-4-3-5-8-20/h3-5,7-8,11-16H,6,9-10,17H2,1-2H3,(H,33,35). The van der Waals surface area contributed by atoms with E-state index in [0.717, 1.165) is 35.3 Å². The van der Waals surface area contributed by atoms with Gasteiger partial charge in [0.05, 0.1) is 36.9 Å². The van der Waals surface area contributed by atoms with Gasteiger partial charge in [0.25, 0.3) is 11.8 Å². The lowest BCUT2D eigenvalue weighted by atomic mass is 10.1. The van der Waals surface area contributed by atoms with Crippen molar-refractivity contribution in [3.63, 3.8) is 0 Å². The summed E-state index contributed by atoms with van der Waals surface area (Å²) in [7, 11) is 3.16. The van der Waals surface area contributed by atoms with Crippen LogP contribution in [0.2, 0.25) is 10.0 Å². The summed E-state index contributed by atoms with van der Waals surface area (Å²) in [5.74, 6) is 0.608. The number of amides is 2. The number of carbonyl (C=O) groups is 2. The van der Waals surface area contributed by atoms with Gasteiger partial charge in [-0.2, -0.15) is 0 Å². The molecule has 0 atom stereocenters. The van der Waals surface area contributed by atoms with Gasteiger partial charge in [-0.3, -0.25) is 14.5 Å². The number of thiophene rings is 1. The Balaban J connectivity index is 1.64. The van der Waals surface area contributed by atoms with Gasteiger partial charge in [0.1, 0.15) is 16.5 Å². The van der Waals surface area contributed by atoms with Crippen LogP contribution in [0.4, 0.5) is 10.7 Å². The van der Waals surface area contributed by atoms with E-state index >= 15 is 0 Å². The largest absolute Gasteiger partial charge is 0.497 e. The van der Waals surface area contributed by atoms with Crippen molar-refractivity contribution < 1.29 is 19.1 Å². The maximum atomic E-state index is 14.2. The van der Waals surface area contributed by atoms with Crippen LogP contribution >= 0.6 is 34.5 Å². The molecule has 0 fully saturated rings. The maximum absolute atomic E-state index is 14.2. The van der Waals surface area contributed by atoms with E-state index in [0.29, 0.717) is 32.8 Å². The van der Waals surface area contributed by atoms with Crippen molar-refractivity contribution in [3.05, 3.63) is 104 Å². The molecule has 1 heterocycles. The zero-order chi connectivity index (χ0) is 27.5. The van der Waals surface area contributed by atoms with Crippen molar-refractivity contribution in [1.82, 2.24) is 0 Å². The Hall–Kier alpha value is -3.52. The minimum atomic E-state index is -0.352. The molecule has 1 aliphatic carbocycles. The third-order valence-electron chi connectivity index (χ3n) is 6.63. The van der Waals surface area contributed by atoms with Gasteiger partial charge in [-0.05, 0) is 73.4 Å². The van der Waals surface area contributed by atoms with Crippen LogP contribution < -0.4 is 19.7 Å². The average molecular weight is 582 g/mol. The van der Waals surface area contributed by atoms with Crippen LogP contribution in [0.5, 0.6) is 11.5 Å². The number of benzene rings is 3. The highest BCUT2D eigenvalue weighted by Crippen LogP contribution is 2.43. The van der Waals surface area contributed by atoms with Crippen LogP contribution in [0, 0.1) is 0 Å². The number of fused-ring (bicyclic) bond motifs is 1. The fourth-order valence-electron chi connectivity index (χ4n) is 4.75. The number of aryl methyl sites for hydroxylation is 1. The van der Waals surface area contributed by atoms with Gasteiger partial charge in [-0.15, -0.1) is 11.3 Å². The number of anilines is 2. The van der Waals surface area contributed by atoms with E-state index in [2.05, 4.69) is 5.32 Å². The molecule has 0 saturated heterocycles. The normalized spacial score (nSPS) is 12.1. The molecule has 0 bridgehead atoms. The predicted octanol–water partition coefficient (Wildman–Crippen LogP) is 7.66. The number of nitrogens with one attached hydrogen (secondary N) is 1. The molecule has 2 amide bonds. The monoisotopic (exact) mass is 580 g/mol. The van der Waals surface area contributed by atoms with Crippen LogP contribution in [0.3, 0.4) is 0 Å². The number of rotatable bonds is 8. The number of halogens is 2. The van der Waals surface area contributed by atoms with Gasteiger partial charge in [0.15, 0.2) is 0 Å². The van der Waals surface area contributed by atoms with Crippen molar-refractivity contribution in [2.75, 3.05) is 24.4 Å². The molecule has 1 aliphatic rings. The van der Waals surface area contributed by atoms with E-state index in [1.807, 2.05) is 36.4 Å². The molecule has 4 aromatic rings. The number of nitrogens with zero attached hydrogens (tertiary/aromatic N) is 1. The predicted molar refractivity (Wildman–Crippen MR) is 157 cm³/mol. The zero-order valence-corrected chi connectivity index (χ0v) is 23.8. The molecular weight excluding hydrogens is 555 g/mol.